The van der Waals surface area contributed by atoms with E-state index in [1.165, 1.54) is 32.1 Å². The van der Waals surface area contributed by atoms with Gasteiger partial charge in [-0.15, -0.1) is 0 Å². The van der Waals surface area contributed by atoms with E-state index in [0.29, 0.717) is 22.2 Å². The number of amides is 2. The molecule has 2 amide bonds. The van der Waals surface area contributed by atoms with Crippen LogP contribution in [0.25, 0.3) is 5.65 Å². The first kappa shape index (κ1) is 18.4. The topological polar surface area (TPSA) is 95.7 Å². The van der Waals surface area contributed by atoms with Crippen molar-refractivity contribution in [1.29, 1.82) is 0 Å². The molecule has 6 rings (SSSR count). The van der Waals surface area contributed by atoms with E-state index >= 15 is 0 Å². The molecule has 1 spiro atoms. The quantitative estimate of drug-likeness (QED) is 0.681. The van der Waals surface area contributed by atoms with Crippen molar-refractivity contribution in [2.24, 2.45) is 28.6 Å². The van der Waals surface area contributed by atoms with Gasteiger partial charge in [-0.25, -0.2) is 4.98 Å². The summed E-state index contributed by atoms with van der Waals surface area (Å²) in [6.45, 7) is 2.52. The van der Waals surface area contributed by atoms with E-state index in [1.54, 1.807) is 35.7 Å². The fraction of sp³-hybridized carbons (Fsp3) is 0.609. The van der Waals surface area contributed by atoms with E-state index < -0.39 is 6.10 Å². The number of carbonyl (C=O) groups excluding carboxylic acids is 2. The number of hydrogen-bond acceptors (Lipinski definition) is 4. The van der Waals surface area contributed by atoms with Crippen LogP contribution in [0.1, 0.15) is 60.0 Å². The van der Waals surface area contributed by atoms with Gasteiger partial charge in [0.15, 0.2) is 0 Å². The van der Waals surface area contributed by atoms with Crippen molar-refractivity contribution in [2.75, 3.05) is 13.1 Å². The summed E-state index contributed by atoms with van der Waals surface area (Å²) >= 11 is 0. The molecule has 2 aromatic heterocycles. The summed E-state index contributed by atoms with van der Waals surface area (Å²) in [7, 11) is 0. The number of nitrogens with one attached hydrogen (secondary N) is 2. The second-order valence-corrected chi connectivity index (χ2v) is 10.3. The van der Waals surface area contributed by atoms with E-state index in [0.717, 1.165) is 24.3 Å². The molecule has 7 heteroatoms. The van der Waals surface area contributed by atoms with Gasteiger partial charge in [-0.1, -0.05) is 6.07 Å². The molecule has 2 aromatic rings. The van der Waals surface area contributed by atoms with Gasteiger partial charge in [0.05, 0.1) is 6.10 Å². The lowest BCUT2D eigenvalue weighted by atomic mass is 9.71. The van der Waals surface area contributed by atoms with Gasteiger partial charge >= 0.3 is 0 Å². The highest BCUT2D eigenvalue weighted by Gasteiger charge is 2.76. The van der Waals surface area contributed by atoms with Crippen LogP contribution in [0.4, 0.5) is 0 Å². The maximum absolute atomic E-state index is 13.1. The van der Waals surface area contributed by atoms with Gasteiger partial charge in [0.1, 0.15) is 17.0 Å². The zero-order valence-electron chi connectivity index (χ0n) is 17.2. The summed E-state index contributed by atoms with van der Waals surface area (Å²) in [5.74, 6) is 2.33. The Balaban J connectivity index is 1.18. The molecule has 3 N–H and O–H groups in total. The zero-order valence-corrected chi connectivity index (χ0v) is 17.2. The van der Waals surface area contributed by atoms with Crippen molar-refractivity contribution >= 4 is 17.5 Å². The van der Waals surface area contributed by atoms with Crippen molar-refractivity contribution in [1.82, 2.24) is 20.0 Å². The average molecular weight is 409 g/mol. The molecule has 4 aliphatic carbocycles. The Morgan fingerprint density at radius 1 is 1.27 bits per heavy atom. The van der Waals surface area contributed by atoms with Gasteiger partial charge in [0.2, 0.25) is 0 Å². The molecule has 158 valence electrons. The number of rotatable bonds is 6. The minimum atomic E-state index is -0.627. The van der Waals surface area contributed by atoms with Gasteiger partial charge < -0.3 is 15.7 Å². The van der Waals surface area contributed by atoms with E-state index in [9.17, 15) is 14.7 Å². The fourth-order valence-electron chi connectivity index (χ4n) is 6.86. The summed E-state index contributed by atoms with van der Waals surface area (Å²) in [4.78, 5) is 29.7. The van der Waals surface area contributed by atoms with Crippen LogP contribution in [0, 0.1) is 28.6 Å². The summed E-state index contributed by atoms with van der Waals surface area (Å²) in [5, 5.41) is 15.2. The minimum absolute atomic E-state index is 0.115. The van der Waals surface area contributed by atoms with Crippen LogP contribution in [0.15, 0.2) is 24.4 Å². The molecule has 0 aliphatic heterocycles. The molecule has 4 aliphatic rings. The lowest BCUT2D eigenvalue weighted by Crippen LogP contribution is -2.40. The summed E-state index contributed by atoms with van der Waals surface area (Å²) < 4.78 is 1.68. The smallest absolute Gasteiger partial charge is 0.271 e. The van der Waals surface area contributed by atoms with Crippen molar-refractivity contribution in [2.45, 2.75) is 45.1 Å². The summed E-state index contributed by atoms with van der Waals surface area (Å²) in [5.41, 5.74) is 2.23. The van der Waals surface area contributed by atoms with E-state index in [-0.39, 0.29) is 24.1 Å². The number of nitrogens with zero attached hydrogens (tertiary/aromatic N) is 2. The number of hydrogen-bond donors (Lipinski definition) is 3. The number of aliphatic hydroxyl groups excluding tert-OH is 1. The normalized spacial score (nSPS) is 36.0. The molecule has 4 saturated carbocycles. The molecule has 0 saturated heterocycles. The van der Waals surface area contributed by atoms with Crippen LogP contribution < -0.4 is 10.6 Å². The molecule has 4 unspecified atom stereocenters. The highest BCUT2D eigenvalue weighted by molar-refractivity contribution is 5.95. The minimum Gasteiger partial charge on any atom is -0.392 e. The third-order valence-corrected chi connectivity index (χ3v) is 8.16. The van der Waals surface area contributed by atoms with E-state index in [4.69, 9.17) is 0 Å². The molecular weight excluding hydrogens is 380 g/mol. The highest BCUT2D eigenvalue weighted by Crippen LogP contribution is 2.83. The summed E-state index contributed by atoms with van der Waals surface area (Å²) in [6.07, 6.45) is 7.67. The molecule has 0 aromatic carbocycles. The monoisotopic (exact) mass is 408 g/mol. The second kappa shape index (κ2) is 6.06. The summed E-state index contributed by atoms with van der Waals surface area (Å²) in [6, 6.07) is 5.34. The molecule has 0 radical (unpaired) electrons. The van der Waals surface area contributed by atoms with Crippen LogP contribution in [0.3, 0.4) is 0 Å². The number of fused-ring (bicyclic) bond motifs is 3. The van der Waals surface area contributed by atoms with Crippen LogP contribution >= 0.6 is 0 Å². The Morgan fingerprint density at radius 2 is 2.13 bits per heavy atom. The maximum atomic E-state index is 13.1. The van der Waals surface area contributed by atoms with E-state index in [2.05, 4.69) is 15.6 Å². The number of carbonyl (C=O) groups is 2. The van der Waals surface area contributed by atoms with Crippen molar-refractivity contribution in [3.63, 3.8) is 0 Å². The predicted octanol–water partition coefficient (Wildman–Crippen LogP) is 2.00. The number of imidazole rings is 1. The van der Waals surface area contributed by atoms with E-state index in [1.807, 2.05) is 0 Å². The molecular formula is C23H28N4O3. The van der Waals surface area contributed by atoms with Crippen LogP contribution in [0.5, 0.6) is 0 Å². The van der Waals surface area contributed by atoms with Crippen molar-refractivity contribution in [3.05, 3.63) is 35.8 Å². The third kappa shape index (κ3) is 2.71. The Bertz CT molecular complexity index is 1060. The second-order valence-electron chi connectivity index (χ2n) is 10.3. The van der Waals surface area contributed by atoms with Crippen LogP contribution in [-0.2, 0) is 0 Å². The molecule has 6 atom stereocenters. The highest BCUT2D eigenvalue weighted by atomic mass is 16.3. The first-order valence-electron chi connectivity index (χ1n) is 11.1. The van der Waals surface area contributed by atoms with Gasteiger partial charge in [-0.3, -0.25) is 14.0 Å². The maximum Gasteiger partial charge on any atom is 0.271 e. The third-order valence-electron chi connectivity index (χ3n) is 8.16. The van der Waals surface area contributed by atoms with Crippen molar-refractivity contribution < 1.29 is 14.7 Å². The SMILES string of the molecule is C[C@H](O)CNC(=O)c1cn2c(C(=O)NCC34CC5C[C@@H]5C5(CC5C3)C4)cccc2n1. The fourth-order valence-corrected chi connectivity index (χ4v) is 6.86. The largest absolute Gasteiger partial charge is 0.392 e. The lowest BCUT2D eigenvalue weighted by molar-refractivity contribution is 0.0888. The first-order valence-corrected chi connectivity index (χ1v) is 11.1. The Morgan fingerprint density at radius 3 is 2.97 bits per heavy atom. The first-order chi connectivity index (χ1) is 14.4. The van der Waals surface area contributed by atoms with Gasteiger partial charge in [-0.2, -0.15) is 0 Å². The zero-order chi connectivity index (χ0) is 20.7. The van der Waals surface area contributed by atoms with Crippen LogP contribution in [-0.4, -0.2) is 45.5 Å². The van der Waals surface area contributed by atoms with Gasteiger partial charge in [0, 0.05) is 19.3 Å². The average Bonchev–Trinajstić information content (AvgIpc) is 3.55. The Kier molecular flexibility index (Phi) is 3.71. The molecule has 30 heavy (non-hydrogen) atoms. The molecule has 2 bridgehead atoms. The van der Waals surface area contributed by atoms with Crippen LogP contribution in [0.2, 0.25) is 0 Å². The number of aromatic nitrogens is 2. The van der Waals surface area contributed by atoms with Gasteiger partial charge in [0.25, 0.3) is 11.8 Å². The number of pyridine rings is 1. The molecule has 7 nitrogen and oxygen atoms in total. The Hall–Kier alpha value is -2.41. The molecule has 4 fully saturated rings. The van der Waals surface area contributed by atoms with Gasteiger partial charge in [-0.05, 0) is 79.7 Å². The van der Waals surface area contributed by atoms with Crippen molar-refractivity contribution in [3.8, 4) is 0 Å². The lowest BCUT2D eigenvalue weighted by Gasteiger charge is -2.36. The molecule has 2 heterocycles. The Labute approximate surface area is 175 Å². The standard InChI is InChI=1S/C23H28N4O3/c1-13(28)9-24-20(29)17-10-27-18(3-2-4-19(27)26-17)21(30)25-12-22-6-14-5-16(14)23(11-22)8-15(23)7-22/h2-4,10,13-16,28H,5-9,11-12H2,1H3,(H,24,29)(H,25,30)/t13-,14?,15?,16-,22?,23?/m0/s1. The number of aliphatic hydroxyl groups is 1. The predicted molar refractivity (Wildman–Crippen MR) is 110 cm³/mol.